The Labute approximate surface area is 160 Å². The van der Waals surface area contributed by atoms with E-state index in [-0.39, 0.29) is 11.6 Å². The van der Waals surface area contributed by atoms with Crippen molar-refractivity contribution in [1.29, 1.82) is 0 Å². The molecule has 0 atom stereocenters. The molecule has 1 N–H and O–H groups in total. The maximum Gasteiger partial charge on any atom is 0.280 e. The lowest BCUT2D eigenvalue weighted by atomic mass is 10.2. The fourth-order valence-electron chi connectivity index (χ4n) is 2.37. The largest absolute Gasteiger partial charge is 0.497 e. The molecule has 8 heteroatoms. The molecule has 27 heavy (non-hydrogen) atoms. The Morgan fingerprint density at radius 3 is 2.30 bits per heavy atom. The van der Waals surface area contributed by atoms with Gasteiger partial charge in [0.15, 0.2) is 5.69 Å². The Hall–Kier alpha value is -3.32. The van der Waals surface area contributed by atoms with Gasteiger partial charge in [0.25, 0.3) is 5.91 Å². The van der Waals surface area contributed by atoms with Crippen LogP contribution >= 0.6 is 11.6 Å². The van der Waals surface area contributed by atoms with Gasteiger partial charge in [-0.1, -0.05) is 11.6 Å². The van der Waals surface area contributed by atoms with Crippen LogP contribution in [-0.4, -0.2) is 29.9 Å². The summed E-state index contributed by atoms with van der Waals surface area (Å²) in [5.74, 6) is 0.236. The van der Waals surface area contributed by atoms with Crippen molar-refractivity contribution in [2.24, 2.45) is 0 Å². The van der Waals surface area contributed by atoms with E-state index < -0.39 is 11.3 Å². The molecule has 0 radical (unpaired) electrons. The SMILES string of the molecule is COc1ccc(-n2nc(C(=O)Nc3ccc(Cl)cc3)c(=O)cc2OC)cc1. The molecule has 0 spiro atoms. The second kappa shape index (κ2) is 7.92. The summed E-state index contributed by atoms with van der Waals surface area (Å²) in [5.41, 5.74) is 0.287. The molecule has 0 bridgehead atoms. The van der Waals surface area contributed by atoms with Crippen LogP contribution in [0.15, 0.2) is 59.4 Å². The van der Waals surface area contributed by atoms with E-state index in [9.17, 15) is 9.59 Å². The molecular formula is C19H16ClN3O4. The van der Waals surface area contributed by atoms with Crippen LogP contribution in [0, 0.1) is 0 Å². The summed E-state index contributed by atoms with van der Waals surface area (Å²) in [7, 11) is 2.98. The number of benzene rings is 2. The van der Waals surface area contributed by atoms with Crippen molar-refractivity contribution in [2.45, 2.75) is 0 Å². The first-order valence-electron chi connectivity index (χ1n) is 7.91. The molecule has 0 unspecified atom stereocenters. The van der Waals surface area contributed by atoms with Crippen LogP contribution in [0.25, 0.3) is 5.69 Å². The van der Waals surface area contributed by atoms with Gasteiger partial charge >= 0.3 is 0 Å². The minimum atomic E-state index is -0.632. The number of ether oxygens (including phenoxy) is 2. The first-order chi connectivity index (χ1) is 13.0. The lowest BCUT2D eigenvalue weighted by Gasteiger charge is -2.13. The average Bonchev–Trinajstić information content (AvgIpc) is 2.69. The van der Waals surface area contributed by atoms with Crippen LogP contribution in [0.5, 0.6) is 11.6 Å². The molecule has 0 aliphatic rings. The van der Waals surface area contributed by atoms with Gasteiger partial charge in [-0.3, -0.25) is 9.59 Å². The van der Waals surface area contributed by atoms with E-state index in [2.05, 4.69) is 10.4 Å². The quantitative estimate of drug-likeness (QED) is 0.729. The van der Waals surface area contributed by atoms with Gasteiger partial charge in [0.05, 0.1) is 26.0 Å². The monoisotopic (exact) mass is 385 g/mol. The van der Waals surface area contributed by atoms with Gasteiger partial charge < -0.3 is 14.8 Å². The van der Waals surface area contributed by atoms with Gasteiger partial charge in [-0.25, -0.2) is 4.68 Å². The Bertz CT molecular complexity index is 1010. The third kappa shape index (κ3) is 4.09. The number of nitrogens with one attached hydrogen (secondary N) is 1. The van der Waals surface area contributed by atoms with E-state index in [0.717, 1.165) is 0 Å². The van der Waals surface area contributed by atoms with Crippen molar-refractivity contribution in [3.63, 3.8) is 0 Å². The first kappa shape index (κ1) is 18.5. The molecule has 0 saturated heterocycles. The molecule has 7 nitrogen and oxygen atoms in total. The highest BCUT2D eigenvalue weighted by Crippen LogP contribution is 2.19. The molecular weight excluding hydrogens is 370 g/mol. The van der Waals surface area contributed by atoms with Gasteiger partial charge in [-0.05, 0) is 48.5 Å². The number of amides is 1. The number of hydrogen-bond donors (Lipinski definition) is 1. The van der Waals surface area contributed by atoms with Crippen LogP contribution in [0.3, 0.4) is 0 Å². The normalized spacial score (nSPS) is 10.3. The Morgan fingerprint density at radius 1 is 1.04 bits per heavy atom. The number of carbonyl (C=O) groups excluding carboxylic acids is 1. The van der Waals surface area contributed by atoms with Gasteiger partial charge in [0.2, 0.25) is 11.3 Å². The predicted octanol–water partition coefficient (Wildman–Crippen LogP) is 3.16. The molecule has 1 aromatic heterocycles. The summed E-state index contributed by atoms with van der Waals surface area (Å²) in [5, 5.41) is 7.35. The van der Waals surface area contributed by atoms with E-state index in [1.54, 1.807) is 55.6 Å². The number of halogens is 1. The van der Waals surface area contributed by atoms with Crippen molar-refractivity contribution < 1.29 is 14.3 Å². The number of hydrogen-bond acceptors (Lipinski definition) is 5. The Kier molecular flexibility index (Phi) is 5.42. The molecule has 1 amide bonds. The summed E-state index contributed by atoms with van der Waals surface area (Å²) in [6.07, 6.45) is 0. The zero-order valence-electron chi connectivity index (χ0n) is 14.6. The molecule has 0 saturated carbocycles. The fraction of sp³-hybridized carbons (Fsp3) is 0.105. The zero-order valence-corrected chi connectivity index (χ0v) is 15.4. The maximum atomic E-state index is 12.5. The fourth-order valence-corrected chi connectivity index (χ4v) is 2.50. The summed E-state index contributed by atoms with van der Waals surface area (Å²) in [4.78, 5) is 24.8. The zero-order chi connectivity index (χ0) is 19.4. The highest BCUT2D eigenvalue weighted by molar-refractivity contribution is 6.30. The first-order valence-corrected chi connectivity index (χ1v) is 8.29. The molecule has 138 valence electrons. The number of nitrogens with zero attached hydrogens (tertiary/aromatic N) is 2. The second-order valence-electron chi connectivity index (χ2n) is 5.47. The molecule has 3 rings (SSSR count). The molecule has 0 fully saturated rings. The lowest BCUT2D eigenvalue weighted by molar-refractivity contribution is 0.101. The molecule has 0 aliphatic heterocycles. The standard InChI is InChI=1S/C19H16ClN3O4/c1-26-15-9-7-14(8-10-15)23-17(27-2)11-16(24)18(22-23)19(25)21-13-5-3-12(20)4-6-13/h3-11H,1-2H3,(H,21,25). The highest BCUT2D eigenvalue weighted by Gasteiger charge is 2.17. The van der Waals surface area contributed by atoms with Crippen molar-refractivity contribution in [3.8, 4) is 17.3 Å². The molecule has 3 aromatic rings. The summed E-state index contributed by atoms with van der Waals surface area (Å²) in [6.45, 7) is 0. The van der Waals surface area contributed by atoms with Crippen LogP contribution in [0.4, 0.5) is 5.69 Å². The van der Waals surface area contributed by atoms with Crippen LogP contribution < -0.4 is 20.2 Å². The number of carbonyl (C=O) groups is 1. The minimum absolute atomic E-state index is 0.202. The number of rotatable bonds is 5. The van der Waals surface area contributed by atoms with Gasteiger partial charge in [0.1, 0.15) is 5.75 Å². The number of methoxy groups -OCH3 is 2. The van der Waals surface area contributed by atoms with Crippen LogP contribution in [-0.2, 0) is 0 Å². The van der Waals surface area contributed by atoms with Crippen molar-refractivity contribution in [2.75, 3.05) is 19.5 Å². The highest BCUT2D eigenvalue weighted by atomic mass is 35.5. The summed E-state index contributed by atoms with van der Waals surface area (Å²) < 4.78 is 11.7. The third-order valence-electron chi connectivity index (χ3n) is 3.74. The van der Waals surface area contributed by atoms with Crippen molar-refractivity contribution in [1.82, 2.24) is 9.78 Å². The second-order valence-corrected chi connectivity index (χ2v) is 5.91. The minimum Gasteiger partial charge on any atom is -0.497 e. The Morgan fingerprint density at radius 2 is 1.70 bits per heavy atom. The number of anilines is 1. The van der Waals surface area contributed by atoms with E-state index >= 15 is 0 Å². The average molecular weight is 386 g/mol. The molecule has 0 aliphatic carbocycles. The summed E-state index contributed by atoms with van der Waals surface area (Å²) >= 11 is 5.83. The van der Waals surface area contributed by atoms with E-state index in [1.165, 1.54) is 17.9 Å². The smallest absolute Gasteiger partial charge is 0.280 e. The van der Waals surface area contributed by atoms with E-state index in [0.29, 0.717) is 22.1 Å². The molecule has 1 heterocycles. The third-order valence-corrected chi connectivity index (χ3v) is 3.99. The topological polar surface area (TPSA) is 82.5 Å². The van der Waals surface area contributed by atoms with Gasteiger partial charge in [-0.15, -0.1) is 0 Å². The Balaban J connectivity index is 1.98. The maximum absolute atomic E-state index is 12.5. The summed E-state index contributed by atoms with van der Waals surface area (Å²) in [6, 6.07) is 14.7. The van der Waals surface area contributed by atoms with Gasteiger partial charge in [-0.2, -0.15) is 5.10 Å². The van der Waals surface area contributed by atoms with Crippen LogP contribution in [0.1, 0.15) is 10.5 Å². The van der Waals surface area contributed by atoms with Crippen molar-refractivity contribution in [3.05, 3.63) is 75.5 Å². The van der Waals surface area contributed by atoms with E-state index in [1.807, 2.05) is 0 Å². The number of aromatic nitrogens is 2. The van der Waals surface area contributed by atoms with Gasteiger partial charge in [0, 0.05) is 10.7 Å². The van der Waals surface area contributed by atoms with E-state index in [4.69, 9.17) is 21.1 Å². The van der Waals surface area contributed by atoms with Crippen molar-refractivity contribution >= 4 is 23.2 Å². The van der Waals surface area contributed by atoms with Crippen LogP contribution in [0.2, 0.25) is 5.02 Å². The predicted molar refractivity (Wildman–Crippen MR) is 102 cm³/mol. The molecule has 2 aromatic carbocycles. The lowest BCUT2D eigenvalue weighted by Crippen LogP contribution is -2.26.